The number of aliphatic hydroxyl groups is 1. The SMILES string of the molecule is Cc1nc(C(C)(C)O)cc(=O)[nH]1. The number of nitrogens with one attached hydrogen (secondary N) is 1. The van der Waals surface area contributed by atoms with Crippen molar-refractivity contribution < 1.29 is 5.11 Å². The van der Waals surface area contributed by atoms with E-state index in [1.54, 1.807) is 20.8 Å². The van der Waals surface area contributed by atoms with Crippen LogP contribution in [0, 0.1) is 6.92 Å². The summed E-state index contributed by atoms with van der Waals surface area (Å²) >= 11 is 0. The van der Waals surface area contributed by atoms with Gasteiger partial charge in [0, 0.05) is 6.07 Å². The number of aromatic amines is 1. The Balaban J connectivity index is 3.27. The van der Waals surface area contributed by atoms with Crippen molar-refractivity contribution in [3.8, 4) is 0 Å². The van der Waals surface area contributed by atoms with E-state index in [1.165, 1.54) is 6.07 Å². The summed E-state index contributed by atoms with van der Waals surface area (Å²) in [5.41, 5.74) is -0.901. The van der Waals surface area contributed by atoms with Crippen LogP contribution >= 0.6 is 0 Å². The first kappa shape index (κ1) is 8.93. The molecule has 0 radical (unpaired) electrons. The summed E-state index contributed by atoms with van der Waals surface area (Å²) in [5, 5.41) is 9.52. The quantitative estimate of drug-likeness (QED) is 0.634. The summed E-state index contributed by atoms with van der Waals surface area (Å²) in [6.45, 7) is 4.86. The van der Waals surface area contributed by atoms with Crippen molar-refractivity contribution in [2.24, 2.45) is 0 Å². The third-order valence-electron chi connectivity index (χ3n) is 1.49. The number of hydrogen-bond acceptors (Lipinski definition) is 3. The summed E-state index contributed by atoms with van der Waals surface area (Å²) < 4.78 is 0. The number of aryl methyl sites for hydroxylation is 1. The van der Waals surface area contributed by atoms with Gasteiger partial charge in [0.15, 0.2) is 0 Å². The van der Waals surface area contributed by atoms with E-state index in [-0.39, 0.29) is 5.56 Å². The van der Waals surface area contributed by atoms with Crippen LogP contribution in [0.2, 0.25) is 0 Å². The Morgan fingerprint density at radius 3 is 2.58 bits per heavy atom. The van der Waals surface area contributed by atoms with E-state index in [4.69, 9.17) is 0 Å². The lowest BCUT2D eigenvalue weighted by Crippen LogP contribution is -2.22. The van der Waals surface area contributed by atoms with Gasteiger partial charge in [0.05, 0.1) is 5.69 Å². The molecule has 0 saturated heterocycles. The predicted octanol–water partition coefficient (Wildman–Crippen LogP) is 0.306. The lowest BCUT2D eigenvalue weighted by Gasteiger charge is -2.15. The van der Waals surface area contributed by atoms with E-state index < -0.39 is 5.60 Å². The Labute approximate surface area is 70.3 Å². The molecule has 66 valence electrons. The topological polar surface area (TPSA) is 66.0 Å². The number of hydrogen-bond donors (Lipinski definition) is 2. The first-order chi connectivity index (χ1) is 5.39. The van der Waals surface area contributed by atoms with Crippen molar-refractivity contribution in [2.75, 3.05) is 0 Å². The van der Waals surface area contributed by atoms with Gasteiger partial charge in [-0.2, -0.15) is 0 Å². The Bertz CT molecular complexity index is 336. The van der Waals surface area contributed by atoms with Crippen molar-refractivity contribution in [3.05, 3.63) is 27.9 Å². The van der Waals surface area contributed by atoms with Crippen LogP contribution in [0.4, 0.5) is 0 Å². The second-order valence-corrected chi connectivity index (χ2v) is 3.28. The van der Waals surface area contributed by atoms with Crippen LogP contribution in [0.25, 0.3) is 0 Å². The van der Waals surface area contributed by atoms with Crippen molar-refractivity contribution in [1.29, 1.82) is 0 Å². The fourth-order valence-corrected chi connectivity index (χ4v) is 0.893. The first-order valence-electron chi connectivity index (χ1n) is 3.70. The molecule has 0 amide bonds. The Morgan fingerprint density at radius 2 is 2.17 bits per heavy atom. The molecule has 1 rings (SSSR count). The van der Waals surface area contributed by atoms with Crippen molar-refractivity contribution in [2.45, 2.75) is 26.4 Å². The fourth-order valence-electron chi connectivity index (χ4n) is 0.893. The van der Waals surface area contributed by atoms with Crippen molar-refractivity contribution in [1.82, 2.24) is 9.97 Å². The summed E-state index contributed by atoms with van der Waals surface area (Å²) in [6, 6.07) is 1.30. The second kappa shape index (κ2) is 2.71. The molecule has 0 aliphatic rings. The summed E-state index contributed by atoms with van der Waals surface area (Å²) in [4.78, 5) is 17.5. The normalized spacial score (nSPS) is 11.7. The highest BCUT2D eigenvalue weighted by atomic mass is 16.3. The molecule has 1 heterocycles. The highest BCUT2D eigenvalue weighted by Crippen LogP contribution is 2.14. The van der Waals surface area contributed by atoms with E-state index in [1.807, 2.05) is 0 Å². The van der Waals surface area contributed by atoms with E-state index in [9.17, 15) is 9.90 Å². The molecule has 1 aromatic rings. The third kappa shape index (κ3) is 1.92. The molecule has 12 heavy (non-hydrogen) atoms. The number of H-pyrrole nitrogens is 1. The molecule has 0 saturated carbocycles. The van der Waals surface area contributed by atoms with Gasteiger partial charge in [-0.05, 0) is 20.8 Å². The Morgan fingerprint density at radius 1 is 1.58 bits per heavy atom. The van der Waals surface area contributed by atoms with Crippen LogP contribution < -0.4 is 5.56 Å². The second-order valence-electron chi connectivity index (χ2n) is 3.28. The highest BCUT2D eigenvalue weighted by Gasteiger charge is 2.18. The largest absolute Gasteiger partial charge is 0.384 e. The average Bonchev–Trinajstić information content (AvgIpc) is 1.82. The maximum Gasteiger partial charge on any atom is 0.251 e. The predicted molar refractivity (Wildman–Crippen MR) is 44.8 cm³/mol. The first-order valence-corrected chi connectivity index (χ1v) is 3.70. The maximum absolute atomic E-state index is 11.0. The highest BCUT2D eigenvalue weighted by molar-refractivity contribution is 5.09. The number of aromatic nitrogens is 2. The fraction of sp³-hybridized carbons (Fsp3) is 0.500. The van der Waals surface area contributed by atoms with Gasteiger partial charge in [-0.3, -0.25) is 4.79 Å². The van der Waals surface area contributed by atoms with E-state index in [0.717, 1.165) is 0 Å². The zero-order chi connectivity index (χ0) is 9.35. The minimum Gasteiger partial charge on any atom is -0.384 e. The molecule has 0 bridgehead atoms. The molecule has 2 N–H and O–H groups in total. The zero-order valence-corrected chi connectivity index (χ0v) is 7.38. The van der Waals surface area contributed by atoms with Crippen LogP contribution in [-0.4, -0.2) is 15.1 Å². The van der Waals surface area contributed by atoms with Crippen LogP contribution in [0.1, 0.15) is 25.4 Å². The van der Waals surface area contributed by atoms with Crippen LogP contribution in [0.3, 0.4) is 0 Å². The van der Waals surface area contributed by atoms with E-state index >= 15 is 0 Å². The molecule has 0 fully saturated rings. The van der Waals surface area contributed by atoms with E-state index in [2.05, 4.69) is 9.97 Å². The number of nitrogens with zero attached hydrogens (tertiary/aromatic N) is 1. The lowest BCUT2D eigenvalue weighted by atomic mass is 10.1. The van der Waals surface area contributed by atoms with Crippen LogP contribution in [0.15, 0.2) is 10.9 Å². The molecular weight excluding hydrogens is 156 g/mol. The molecule has 0 aliphatic heterocycles. The van der Waals surface area contributed by atoms with E-state index in [0.29, 0.717) is 11.5 Å². The van der Waals surface area contributed by atoms with Crippen molar-refractivity contribution in [3.63, 3.8) is 0 Å². The summed E-state index contributed by atoms with van der Waals surface area (Å²) in [5.74, 6) is 0.514. The van der Waals surface area contributed by atoms with Gasteiger partial charge in [-0.15, -0.1) is 0 Å². The van der Waals surface area contributed by atoms with Gasteiger partial charge in [-0.1, -0.05) is 0 Å². The lowest BCUT2D eigenvalue weighted by molar-refractivity contribution is 0.0733. The Hall–Kier alpha value is -1.16. The summed E-state index contributed by atoms with van der Waals surface area (Å²) in [7, 11) is 0. The Kier molecular flexibility index (Phi) is 2.02. The molecule has 1 aromatic heterocycles. The van der Waals surface area contributed by atoms with Gasteiger partial charge in [0.1, 0.15) is 11.4 Å². The minimum absolute atomic E-state index is 0.236. The minimum atomic E-state index is -1.06. The van der Waals surface area contributed by atoms with Gasteiger partial charge >= 0.3 is 0 Å². The average molecular weight is 168 g/mol. The van der Waals surface area contributed by atoms with Crippen LogP contribution in [-0.2, 0) is 5.60 Å². The van der Waals surface area contributed by atoms with Gasteiger partial charge in [0.2, 0.25) is 0 Å². The molecule has 0 aliphatic carbocycles. The van der Waals surface area contributed by atoms with Gasteiger partial charge < -0.3 is 10.1 Å². The standard InChI is InChI=1S/C8H12N2O2/c1-5-9-6(8(2,3)12)4-7(11)10-5/h4,12H,1-3H3,(H,9,10,11). The molecular formula is C8H12N2O2. The molecule has 0 spiro atoms. The maximum atomic E-state index is 11.0. The monoisotopic (exact) mass is 168 g/mol. The van der Waals surface area contributed by atoms with Crippen molar-refractivity contribution >= 4 is 0 Å². The number of rotatable bonds is 1. The third-order valence-corrected chi connectivity index (χ3v) is 1.49. The molecule has 0 atom stereocenters. The van der Waals surface area contributed by atoms with Gasteiger partial charge in [0.25, 0.3) is 5.56 Å². The smallest absolute Gasteiger partial charge is 0.251 e. The molecule has 0 aromatic carbocycles. The van der Waals surface area contributed by atoms with Crippen LogP contribution in [0.5, 0.6) is 0 Å². The molecule has 0 unspecified atom stereocenters. The summed E-state index contributed by atoms with van der Waals surface area (Å²) in [6.07, 6.45) is 0. The molecule has 4 nitrogen and oxygen atoms in total. The molecule has 4 heteroatoms. The van der Waals surface area contributed by atoms with Gasteiger partial charge in [-0.25, -0.2) is 4.98 Å². The zero-order valence-electron chi connectivity index (χ0n) is 7.38.